The first-order valence-corrected chi connectivity index (χ1v) is 11.9. The molecule has 228 valence electrons. The molecule has 3 atom stereocenters. The lowest BCUT2D eigenvalue weighted by atomic mass is 9.60. The average molecular weight is 588 g/mol. The zero-order valence-corrected chi connectivity index (χ0v) is 21.1. The van der Waals surface area contributed by atoms with Crippen LogP contribution in [0.2, 0.25) is 0 Å². The van der Waals surface area contributed by atoms with Gasteiger partial charge >= 0.3 is 24.7 Å². The SMILES string of the molecule is CCOCOC(C1CC(C(C)CC)CC(C(OCOCC)(C(F)(F)F)C(F)(F)F)C1)(C(F)(F)F)C(F)(F)F. The molecule has 0 aromatic heterocycles. The van der Waals surface area contributed by atoms with Crippen LogP contribution in [0.15, 0.2) is 0 Å². The molecule has 16 heteroatoms. The first kappa shape index (κ1) is 35.0. The summed E-state index contributed by atoms with van der Waals surface area (Å²) in [7, 11) is 0. The Balaban J connectivity index is 3.91. The average Bonchev–Trinajstić information content (AvgIpc) is 2.75. The maximum atomic E-state index is 14.2. The maximum Gasteiger partial charge on any atom is 0.426 e. The van der Waals surface area contributed by atoms with Crippen LogP contribution in [0.25, 0.3) is 0 Å². The molecular weight excluding hydrogens is 556 g/mol. The fourth-order valence-corrected chi connectivity index (χ4v) is 5.07. The maximum absolute atomic E-state index is 14.2. The molecule has 0 amide bonds. The number of rotatable bonds is 12. The second kappa shape index (κ2) is 12.7. The Hall–Kier alpha value is -1.00. The molecule has 1 aliphatic carbocycles. The minimum Gasteiger partial charge on any atom is -0.356 e. The van der Waals surface area contributed by atoms with Crippen molar-refractivity contribution in [3.63, 3.8) is 0 Å². The zero-order valence-electron chi connectivity index (χ0n) is 21.1. The van der Waals surface area contributed by atoms with Crippen molar-refractivity contribution < 1.29 is 71.6 Å². The summed E-state index contributed by atoms with van der Waals surface area (Å²) in [6, 6.07) is 0. The monoisotopic (exact) mass is 588 g/mol. The van der Waals surface area contributed by atoms with Crippen LogP contribution in [-0.4, -0.2) is 62.7 Å². The van der Waals surface area contributed by atoms with Crippen LogP contribution in [0.1, 0.15) is 53.4 Å². The van der Waals surface area contributed by atoms with Gasteiger partial charge in [-0.25, -0.2) is 0 Å². The molecule has 1 fully saturated rings. The zero-order chi connectivity index (χ0) is 29.8. The van der Waals surface area contributed by atoms with E-state index in [9.17, 15) is 52.7 Å². The molecule has 4 nitrogen and oxygen atoms in total. The van der Waals surface area contributed by atoms with Crippen LogP contribution < -0.4 is 0 Å². The second-order valence-electron chi connectivity index (χ2n) is 9.22. The van der Waals surface area contributed by atoms with Crippen molar-refractivity contribution in [2.45, 2.75) is 89.3 Å². The van der Waals surface area contributed by atoms with Gasteiger partial charge in [-0.15, -0.1) is 0 Å². The molecule has 0 saturated heterocycles. The highest BCUT2D eigenvalue weighted by atomic mass is 19.4. The van der Waals surface area contributed by atoms with Crippen molar-refractivity contribution in [1.82, 2.24) is 0 Å². The predicted octanol–water partition coefficient (Wildman–Crippen LogP) is 7.81. The second-order valence-corrected chi connectivity index (χ2v) is 9.22. The topological polar surface area (TPSA) is 36.9 Å². The van der Waals surface area contributed by atoms with E-state index in [0.29, 0.717) is 0 Å². The van der Waals surface area contributed by atoms with E-state index in [1.165, 1.54) is 27.7 Å². The fraction of sp³-hybridized carbons (Fsp3) is 1.00. The van der Waals surface area contributed by atoms with Crippen LogP contribution in [-0.2, 0) is 18.9 Å². The fourth-order valence-electron chi connectivity index (χ4n) is 5.07. The minimum absolute atomic E-state index is 0.0692. The molecule has 1 saturated carbocycles. The van der Waals surface area contributed by atoms with E-state index in [-0.39, 0.29) is 19.6 Å². The van der Waals surface area contributed by atoms with Crippen molar-refractivity contribution in [3.8, 4) is 0 Å². The Morgan fingerprint density at radius 1 is 0.579 bits per heavy atom. The molecule has 0 radical (unpaired) electrons. The van der Waals surface area contributed by atoms with Gasteiger partial charge in [0.1, 0.15) is 13.6 Å². The smallest absolute Gasteiger partial charge is 0.356 e. The third kappa shape index (κ3) is 6.82. The van der Waals surface area contributed by atoms with Gasteiger partial charge in [0.15, 0.2) is 0 Å². The van der Waals surface area contributed by atoms with Gasteiger partial charge in [-0.3, -0.25) is 0 Å². The lowest BCUT2D eigenvalue weighted by Gasteiger charge is -2.52. The van der Waals surface area contributed by atoms with E-state index in [4.69, 9.17) is 0 Å². The lowest BCUT2D eigenvalue weighted by Crippen LogP contribution is -2.68. The third-order valence-corrected chi connectivity index (χ3v) is 7.17. The van der Waals surface area contributed by atoms with E-state index in [0.717, 1.165) is 0 Å². The van der Waals surface area contributed by atoms with Gasteiger partial charge in [-0.1, -0.05) is 20.3 Å². The van der Waals surface area contributed by atoms with Crippen molar-refractivity contribution in [2.24, 2.45) is 23.7 Å². The first-order valence-electron chi connectivity index (χ1n) is 11.9. The molecule has 0 aromatic rings. The van der Waals surface area contributed by atoms with Crippen molar-refractivity contribution in [1.29, 1.82) is 0 Å². The summed E-state index contributed by atoms with van der Waals surface area (Å²) in [5.41, 5.74) is -10.2. The number of ether oxygens (including phenoxy) is 4. The molecule has 1 aliphatic rings. The van der Waals surface area contributed by atoms with Crippen LogP contribution in [0.5, 0.6) is 0 Å². The van der Waals surface area contributed by atoms with Gasteiger partial charge in [0.2, 0.25) is 0 Å². The third-order valence-electron chi connectivity index (χ3n) is 7.17. The molecule has 0 heterocycles. The van der Waals surface area contributed by atoms with Gasteiger partial charge in [0.05, 0.1) is 0 Å². The predicted molar refractivity (Wildman–Crippen MR) is 109 cm³/mol. The number of halogens is 12. The Morgan fingerprint density at radius 2 is 0.895 bits per heavy atom. The summed E-state index contributed by atoms with van der Waals surface area (Å²) in [5, 5.41) is 0. The molecule has 38 heavy (non-hydrogen) atoms. The van der Waals surface area contributed by atoms with Gasteiger partial charge in [-0.05, 0) is 44.9 Å². The summed E-state index contributed by atoms with van der Waals surface area (Å²) in [4.78, 5) is 0. The van der Waals surface area contributed by atoms with Crippen LogP contribution in [0.3, 0.4) is 0 Å². The highest BCUT2D eigenvalue weighted by molar-refractivity contribution is 5.09. The molecular formula is C22H32F12O4. The van der Waals surface area contributed by atoms with Gasteiger partial charge < -0.3 is 18.9 Å². The van der Waals surface area contributed by atoms with Crippen molar-refractivity contribution in [3.05, 3.63) is 0 Å². The molecule has 0 aromatic carbocycles. The lowest BCUT2D eigenvalue weighted by molar-refractivity contribution is -0.428. The number of alkyl halides is 12. The molecule has 1 rings (SSSR count). The highest BCUT2D eigenvalue weighted by Gasteiger charge is 2.80. The summed E-state index contributed by atoms with van der Waals surface area (Å²) < 4.78 is 188. The van der Waals surface area contributed by atoms with Gasteiger partial charge in [0.25, 0.3) is 11.2 Å². The summed E-state index contributed by atoms with van der Waals surface area (Å²) >= 11 is 0. The van der Waals surface area contributed by atoms with Crippen LogP contribution in [0, 0.1) is 23.7 Å². The Bertz CT molecular complexity index is 635. The Kier molecular flexibility index (Phi) is 11.7. The van der Waals surface area contributed by atoms with Crippen molar-refractivity contribution in [2.75, 3.05) is 26.8 Å². The van der Waals surface area contributed by atoms with Crippen LogP contribution in [0.4, 0.5) is 52.7 Å². The molecule has 0 bridgehead atoms. The molecule has 0 spiro atoms. The largest absolute Gasteiger partial charge is 0.426 e. The molecule has 3 unspecified atom stereocenters. The minimum atomic E-state index is -6.26. The van der Waals surface area contributed by atoms with Gasteiger partial charge in [-0.2, -0.15) is 52.7 Å². The Morgan fingerprint density at radius 3 is 1.13 bits per heavy atom. The van der Waals surface area contributed by atoms with E-state index in [1.807, 2.05) is 0 Å². The summed E-state index contributed by atoms with van der Waals surface area (Å²) in [6.07, 6.45) is -28.8. The summed E-state index contributed by atoms with van der Waals surface area (Å²) in [5.74, 6) is -7.96. The van der Waals surface area contributed by atoms with E-state index < -0.39 is 92.4 Å². The molecule has 0 aliphatic heterocycles. The normalized spacial score (nSPS) is 23.5. The standard InChI is InChI=1S/C22H32F12O4/c1-5-13(4)14-8-15(17(19(23,24)25,20(26,27)28)37-11-35-6-2)10-16(9-14)18(21(29,30)31,22(32,33)34)38-12-36-7-3/h13-16H,5-12H2,1-4H3. The highest BCUT2D eigenvalue weighted by Crippen LogP contribution is 2.61. The van der Waals surface area contributed by atoms with E-state index in [1.54, 1.807) is 0 Å². The number of hydrogen-bond donors (Lipinski definition) is 0. The van der Waals surface area contributed by atoms with E-state index in [2.05, 4.69) is 18.9 Å². The van der Waals surface area contributed by atoms with Crippen LogP contribution >= 0.6 is 0 Å². The van der Waals surface area contributed by atoms with E-state index >= 15 is 0 Å². The van der Waals surface area contributed by atoms with Crippen molar-refractivity contribution >= 4 is 0 Å². The van der Waals surface area contributed by atoms with Gasteiger partial charge in [0, 0.05) is 25.0 Å². The quantitative estimate of drug-likeness (QED) is 0.132. The Labute approximate surface area is 212 Å². The molecule has 0 N–H and O–H groups in total. The summed E-state index contributed by atoms with van der Waals surface area (Å²) in [6.45, 7) is 1.43. The first-order chi connectivity index (χ1) is 17.2. The number of hydrogen-bond acceptors (Lipinski definition) is 4.